The number of halogens is 2. The maximum absolute atomic E-state index is 13.5. The number of amides is 1. The molecule has 0 saturated carbocycles. The van der Waals surface area contributed by atoms with Crippen molar-refractivity contribution in [1.29, 1.82) is 0 Å². The number of aliphatic hydroxyl groups is 1. The molecule has 1 atom stereocenters. The minimum atomic E-state index is -1.22. The summed E-state index contributed by atoms with van der Waals surface area (Å²) in [5.74, 6) is -1.87. The standard InChI is InChI=1S/C14H13F2NO2S/c1-8-4-5-20-13(8)14(19)17-7-12(18)10-3-2-9(15)6-11(10)16/h2-6,12,18H,7H2,1H3,(H,17,19)/t12-/m1/s1. The van der Waals surface area contributed by atoms with Gasteiger partial charge in [-0.05, 0) is 30.0 Å². The number of carbonyl (C=O) groups is 1. The van der Waals surface area contributed by atoms with E-state index in [0.717, 1.165) is 17.7 Å². The minimum Gasteiger partial charge on any atom is -0.386 e. The van der Waals surface area contributed by atoms with Gasteiger partial charge in [0.15, 0.2) is 0 Å². The third kappa shape index (κ3) is 3.20. The van der Waals surface area contributed by atoms with E-state index in [0.29, 0.717) is 10.9 Å². The summed E-state index contributed by atoms with van der Waals surface area (Å²) in [5.41, 5.74) is 0.796. The van der Waals surface area contributed by atoms with Gasteiger partial charge in [0.05, 0.1) is 11.0 Å². The minimum absolute atomic E-state index is 0.0467. The molecule has 2 N–H and O–H groups in total. The van der Waals surface area contributed by atoms with E-state index in [1.165, 1.54) is 11.3 Å². The fourth-order valence-corrected chi connectivity index (χ4v) is 2.60. The molecular weight excluding hydrogens is 284 g/mol. The van der Waals surface area contributed by atoms with Crippen LogP contribution >= 0.6 is 11.3 Å². The van der Waals surface area contributed by atoms with E-state index in [1.807, 2.05) is 13.0 Å². The van der Waals surface area contributed by atoms with Crippen LogP contribution in [0.2, 0.25) is 0 Å². The highest BCUT2D eigenvalue weighted by Crippen LogP contribution is 2.18. The largest absolute Gasteiger partial charge is 0.386 e. The molecule has 1 amide bonds. The Morgan fingerprint density at radius 1 is 1.40 bits per heavy atom. The molecule has 0 spiro atoms. The molecular formula is C14H13F2NO2S. The quantitative estimate of drug-likeness (QED) is 0.911. The number of hydrogen-bond acceptors (Lipinski definition) is 3. The third-order valence-corrected chi connectivity index (χ3v) is 3.86. The van der Waals surface area contributed by atoms with Gasteiger partial charge in [-0.1, -0.05) is 6.07 Å². The van der Waals surface area contributed by atoms with E-state index in [1.54, 1.807) is 5.38 Å². The lowest BCUT2D eigenvalue weighted by atomic mass is 10.1. The molecule has 0 bridgehead atoms. The molecule has 1 heterocycles. The molecule has 3 nitrogen and oxygen atoms in total. The van der Waals surface area contributed by atoms with Crippen LogP contribution < -0.4 is 5.32 Å². The number of benzene rings is 1. The second-order valence-electron chi connectivity index (χ2n) is 4.32. The predicted octanol–water partition coefficient (Wildman–Crippen LogP) is 2.80. The monoisotopic (exact) mass is 297 g/mol. The van der Waals surface area contributed by atoms with Gasteiger partial charge < -0.3 is 10.4 Å². The van der Waals surface area contributed by atoms with Crippen LogP contribution in [-0.4, -0.2) is 17.6 Å². The molecule has 0 aliphatic heterocycles. The van der Waals surface area contributed by atoms with Crippen molar-refractivity contribution in [3.05, 3.63) is 57.3 Å². The van der Waals surface area contributed by atoms with E-state index in [4.69, 9.17) is 0 Å². The first-order valence-electron chi connectivity index (χ1n) is 5.94. The molecule has 0 aliphatic carbocycles. The van der Waals surface area contributed by atoms with Gasteiger partial charge in [-0.15, -0.1) is 11.3 Å². The Kier molecular flexibility index (Phi) is 4.46. The molecule has 0 radical (unpaired) electrons. The molecule has 6 heteroatoms. The number of aliphatic hydroxyl groups excluding tert-OH is 1. The average molecular weight is 297 g/mol. The van der Waals surface area contributed by atoms with Gasteiger partial charge in [0.25, 0.3) is 5.91 Å². The van der Waals surface area contributed by atoms with Gasteiger partial charge in [0, 0.05) is 18.2 Å². The number of thiophene rings is 1. The Balaban J connectivity index is 2.00. The smallest absolute Gasteiger partial charge is 0.261 e. The van der Waals surface area contributed by atoms with E-state index in [-0.39, 0.29) is 18.0 Å². The van der Waals surface area contributed by atoms with E-state index < -0.39 is 17.7 Å². The Bertz CT molecular complexity index is 627. The van der Waals surface area contributed by atoms with Crippen molar-refractivity contribution in [2.45, 2.75) is 13.0 Å². The Hall–Kier alpha value is -1.79. The second-order valence-corrected chi connectivity index (χ2v) is 5.24. The van der Waals surface area contributed by atoms with Crippen molar-refractivity contribution >= 4 is 17.2 Å². The second kappa shape index (κ2) is 6.11. The van der Waals surface area contributed by atoms with Gasteiger partial charge in [-0.25, -0.2) is 8.78 Å². The molecule has 1 aromatic carbocycles. The van der Waals surface area contributed by atoms with Crippen LogP contribution in [0.4, 0.5) is 8.78 Å². The van der Waals surface area contributed by atoms with Crippen LogP contribution in [0, 0.1) is 18.6 Å². The number of rotatable bonds is 4. The molecule has 0 aliphatic rings. The van der Waals surface area contributed by atoms with Crippen LogP contribution in [0.25, 0.3) is 0 Å². The van der Waals surface area contributed by atoms with Crippen molar-refractivity contribution < 1.29 is 18.7 Å². The lowest BCUT2D eigenvalue weighted by Crippen LogP contribution is -2.28. The Morgan fingerprint density at radius 3 is 2.75 bits per heavy atom. The van der Waals surface area contributed by atoms with Crippen molar-refractivity contribution in [2.24, 2.45) is 0 Å². The number of nitrogens with one attached hydrogen (secondary N) is 1. The summed E-state index contributed by atoms with van der Waals surface area (Å²) < 4.78 is 26.2. The maximum Gasteiger partial charge on any atom is 0.261 e. The van der Waals surface area contributed by atoms with E-state index in [2.05, 4.69) is 5.32 Å². The molecule has 0 saturated heterocycles. The fraction of sp³-hybridized carbons (Fsp3) is 0.214. The Morgan fingerprint density at radius 2 is 2.15 bits per heavy atom. The van der Waals surface area contributed by atoms with Gasteiger partial charge in [0.2, 0.25) is 0 Å². The third-order valence-electron chi connectivity index (χ3n) is 2.85. The highest BCUT2D eigenvalue weighted by atomic mass is 32.1. The van der Waals surface area contributed by atoms with Gasteiger partial charge in [-0.2, -0.15) is 0 Å². The summed E-state index contributed by atoms with van der Waals surface area (Å²) in [7, 11) is 0. The first kappa shape index (κ1) is 14.6. The molecule has 2 rings (SSSR count). The van der Waals surface area contributed by atoms with Crippen LogP contribution in [0.15, 0.2) is 29.6 Å². The van der Waals surface area contributed by atoms with Crippen molar-refractivity contribution in [3.8, 4) is 0 Å². The van der Waals surface area contributed by atoms with Gasteiger partial charge in [-0.3, -0.25) is 4.79 Å². The molecule has 0 fully saturated rings. The summed E-state index contributed by atoms with van der Waals surface area (Å²) in [4.78, 5) is 12.4. The molecule has 1 aromatic heterocycles. The maximum atomic E-state index is 13.5. The summed E-state index contributed by atoms with van der Waals surface area (Å²) in [6.07, 6.45) is -1.22. The summed E-state index contributed by atoms with van der Waals surface area (Å²) >= 11 is 1.29. The summed E-state index contributed by atoms with van der Waals surface area (Å²) in [5, 5.41) is 14.2. The van der Waals surface area contributed by atoms with Gasteiger partial charge >= 0.3 is 0 Å². The van der Waals surface area contributed by atoms with E-state index >= 15 is 0 Å². The SMILES string of the molecule is Cc1ccsc1C(=O)NC[C@@H](O)c1ccc(F)cc1F. The van der Waals surface area contributed by atoms with Crippen molar-refractivity contribution in [3.63, 3.8) is 0 Å². The number of hydrogen-bond donors (Lipinski definition) is 2. The zero-order valence-electron chi connectivity index (χ0n) is 10.7. The first-order valence-corrected chi connectivity index (χ1v) is 6.82. The molecule has 20 heavy (non-hydrogen) atoms. The zero-order valence-corrected chi connectivity index (χ0v) is 11.5. The van der Waals surface area contributed by atoms with E-state index in [9.17, 15) is 18.7 Å². The molecule has 106 valence electrons. The average Bonchev–Trinajstić information content (AvgIpc) is 2.82. The normalized spacial score (nSPS) is 12.2. The van der Waals surface area contributed by atoms with Gasteiger partial charge in [0.1, 0.15) is 11.6 Å². The number of aryl methyl sites for hydroxylation is 1. The lowest BCUT2D eigenvalue weighted by Gasteiger charge is -2.13. The summed E-state index contributed by atoms with van der Waals surface area (Å²) in [6.45, 7) is 1.67. The highest BCUT2D eigenvalue weighted by Gasteiger charge is 2.16. The topological polar surface area (TPSA) is 49.3 Å². The lowest BCUT2D eigenvalue weighted by molar-refractivity contribution is 0.0917. The van der Waals surface area contributed by atoms with Crippen LogP contribution in [0.5, 0.6) is 0 Å². The summed E-state index contributed by atoms with van der Waals surface area (Å²) in [6, 6.07) is 4.74. The van der Waals surface area contributed by atoms with Crippen LogP contribution in [-0.2, 0) is 0 Å². The highest BCUT2D eigenvalue weighted by molar-refractivity contribution is 7.12. The van der Waals surface area contributed by atoms with Crippen molar-refractivity contribution in [2.75, 3.05) is 6.54 Å². The Labute approximate surface area is 118 Å². The molecule has 0 unspecified atom stereocenters. The number of carbonyl (C=O) groups excluding carboxylic acids is 1. The first-order chi connectivity index (χ1) is 9.49. The molecule has 2 aromatic rings. The fourth-order valence-electron chi connectivity index (χ4n) is 1.76. The van der Waals surface area contributed by atoms with Crippen LogP contribution in [0.3, 0.4) is 0 Å². The predicted molar refractivity (Wildman–Crippen MR) is 72.7 cm³/mol. The van der Waals surface area contributed by atoms with Crippen molar-refractivity contribution in [1.82, 2.24) is 5.32 Å². The van der Waals surface area contributed by atoms with Crippen LogP contribution in [0.1, 0.15) is 26.9 Å². The zero-order chi connectivity index (χ0) is 14.7.